The minimum absolute atomic E-state index is 0.149. The SMILES string of the molecule is Cc1nc(CSCC(=O)O)cs1. The first-order valence-electron chi connectivity index (χ1n) is 3.39. The van der Waals surface area contributed by atoms with E-state index in [9.17, 15) is 4.79 Å². The topological polar surface area (TPSA) is 50.2 Å². The molecule has 0 radical (unpaired) electrons. The number of aliphatic carboxylic acids is 1. The van der Waals surface area contributed by atoms with Gasteiger partial charge in [-0.25, -0.2) is 4.98 Å². The Hall–Kier alpha value is -0.550. The smallest absolute Gasteiger partial charge is 0.313 e. The van der Waals surface area contributed by atoms with E-state index in [2.05, 4.69) is 4.98 Å². The summed E-state index contributed by atoms with van der Waals surface area (Å²) in [5.74, 6) is 0.0691. The first-order valence-corrected chi connectivity index (χ1v) is 5.42. The van der Waals surface area contributed by atoms with Gasteiger partial charge in [0.2, 0.25) is 0 Å². The fraction of sp³-hybridized carbons (Fsp3) is 0.429. The average molecular weight is 203 g/mol. The van der Waals surface area contributed by atoms with Gasteiger partial charge in [-0.05, 0) is 6.92 Å². The van der Waals surface area contributed by atoms with E-state index in [0.717, 1.165) is 10.7 Å². The van der Waals surface area contributed by atoms with Crippen molar-refractivity contribution in [1.29, 1.82) is 0 Å². The summed E-state index contributed by atoms with van der Waals surface area (Å²) < 4.78 is 0. The van der Waals surface area contributed by atoms with E-state index >= 15 is 0 Å². The molecule has 1 aromatic rings. The highest BCUT2D eigenvalue weighted by atomic mass is 32.2. The first kappa shape index (κ1) is 9.54. The second-order valence-corrected chi connectivity index (χ2v) is 4.29. The Morgan fingerprint density at radius 3 is 3.08 bits per heavy atom. The first-order chi connectivity index (χ1) is 5.68. The molecule has 0 aliphatic rings. The second-order valence-electron chi connectivity index (χ2n) is 2.24. The lowest BCUT2D eigenvalue weighted by Crippen LogP contribution is -1.98. The number of carboxylic acid groups (broad SMARTS) is 1. The summed E-state index contributed by atoms with van der Waals surface area (Å²) in [6.07, 6.45) is 0. The van der Waals surface area contributed by atoms with Crippen LogP contribution in [0.2, 0.25) is 0 Å². The van der Waals surface area contributed by atoms with Gasteiger partial charge >= 0.3 is 5.97 Å². The number of hydrogen-bond donors (Lipinski definition) is 1. The molecular weight excluding hydrogens is 194 g/mol. The van der Waals surface area contributed by atoms with Crippen LogP contribution >= 0.6 is 23.1 Å². The third-order valence-electron chi connectivity index (χ3n) is 1.14. The number of aromatic nitrogens is 1. The molecule has 0 saturated heterocycles. The summed E-state index contributed by atoms with van der Waals surface area (Å²) in [5.41, 5.74) is 0.976. The summed E-state index contributed by atoms with van der Waals surface area (Å²) >= 11 is 2.96. The molecule has 1 heterocycles. The maximum atomic E-state index is 10.2. The summed E-state index contributed by atoms with van der Waals surface area (Å²) in [6.45, 7) is 1.94. The molecule has 1 N–H and O–H groups in total. The van der Waals surface area contributed by atoms with Crippen molar-refractivity contribution in [1.82, 2.24) is 4.98 Å². The molecule has 0 spiro atoms. The molecule has 0 aromatic carbocycles. The highest BCUT2D eigenvalue weighted by Gasteiger charge is 2.00. The highest BCUT2D eigenvalue weighted by molar-refractivity contribution is 7.99. The summed E-state index contributed by atoms with van der Waals surface area (Å²) in [7, 11) is 0. The summed E-state index contributed by atoms with van der Waals surface area (Å²) in [4.78, 5) is 14.4. The van der Waals surface area contributed by atoms with Gasteiger partial charge in [0, 0.05) is 11.1 Å². The molecule has 66 valence electrons. The molecule has 0 aliphatic heterocycles. The fourth-order valence-electron chi connectivity index (χ4n) is 0.717. The number of nitrogens with zero attached hydrogens (tertiary/aromatic N) is 1. The summed E-state index contributed by atoms with van der Waals surface area (Å²) in [5, 5.41) is 11.3. The lowest BCUT2D eigenvalue weighted by molar-refractivity contribution is -0.133. The number of carbonyl (C=O) groups is 1. The van der Waals surface area contributed by atoms with Gasteiger partial charge in [0.15, 0.2) is 0 Å². The van der Waals surface area contributed by atoms with E-state index < -0.39 is 5.97 Å². The van der Waals surface area contributed by atoms with Crippen LogP contribution in [0.1, 0.15) is 10.7 Å². The zero-order chi connectivity index (χ0) is 8.97. The molecule has 0 aliphatic carbocycles. The van der Waals surface area contributed by atoms with E-state index in [1.807, 2.05) is 12.3 Å². The van der Waals surface area contributed by atoms with Crippen molar-refractivity contribution in [2.45, 2.75) is 12.7 Å². The van der Waals surface area contributed by atoms with Crippen molar-refractivity contribution < 1.29 is 9.90 Å². The highest BCUT2D eigenvalue weighted by Crippen LogP contribution is 2.14. The Bertz CT molecular complexity index is 272. The van der Waals surface area contributed by atoms with Gasteiger partial charge < -0.3 is 5.11 Å². The Labute approximate surface area is 78.8 Å². The molecule has 0 atom stereocenters. The Balaban J connectivity index is 2.29. The number of thiazole rings is 1. The van der Waals surface area contributed by atoms with Gasteiger partial charge in [-0.3, -0.25) is 4.79 Å². The minimum atomic E-state index is -0.771. The number of aryl methyl sites for hydroxylation is 1. The molecule has 0 unspecified atom stereocenters. The third kappa shape index (κ3) is 3.23. The van der Waals surface area contributed by atoms with Crippen molar-refractivity contribution in [3.8, 4) is 0 Å². The van der Waals surface area contributed by atoms with Crippen LogP contribution in [0.4, 0.5) is 0 Å². The van der Waals surface area contributed by atoms with Crippen LogP contribution in [0.15, 0.2) is 5.38 Å². The van der Waals surface area contributed by atoms with Crippen molar-refractivity contribution in [3.63, 3.8) is 0 Å². The number of thioether (sulfide) groups is 1. The molecule has 0 fully saturated rings. The zero-order valence-electron chi connectivity index (χ0n) is 6.61. The van der Waals surface area contributed by atoms with Crippen LogP contribution in [0, 0.1) is 6.92 Å². The van der Waals surface area contributed by atoms with Crippen LogP contribution in [0.3, 0.4) is 0 Å². The molecule has 3 nitrogen and oxygen atoms in total. The van der Waals surface area contributed by atoms with Gasteiger partial charge in [-0.1, -0.05) is 0 Å². The van der Waals surface area contributed by atoms with Gasteiger partial charge in [-0.15, -0.1) is 23.1 Å². The molecule has 1 rings (SSSR count). The predicted octanol–water partition coefficient (Wildman–Crippen LogP) is 1.77. The molecule has 5 heteroatoms. The van der Waals surface area contributed by atoms with Gasteiger partial charge in [-0.2, -0.15) is 0 Å². The summed E-state index contributed by atoms with van der Waals surface area (Å²) in [6, 6.07) is 0. The van der Waals surface area contributed by atoms with E-state index in [1.165, 1.54) is 11.8 Å². The maximum absolute atomic E-state index is 10.2. The Kier molecular flexibility index (Phi) is 3.55. The minimum Gasteiger partial charge on any atom is -0.481 e. The largest absolute Gasteiger partial charge is 0.481 e. The van der Waals surface area contributed by atoms with Crippen LogP contribution < -0.4 is 0 Å². The normalized spacial score (nSPS) is 10.1. The molecular formula is C7H9NO2S2. The number of carboxylic acids is 1. The van der Waals surface area contributed by atoms with E-state index in [0.29, 0.717) is 5.75 Å². The van der Waals surface area contributed by atoms with Crippen LogP contribution in [0.25, 0.3) is 0 Å². The standard InChI is InChI=1S/C7H9NO2S2/c1-5-8-6(3-12-5)2-11-4-7(9)10/h3H,2,4H2,1H3,(H,9,10). The number of hydrogen-bond acceptors (Lipinski definition) is 4. The van der Waals surface area contributed by atoms with E-state index in [4.69, 9.17) is 5.11 Å². The fourth-order valence-corrected chi connectivity index (χ4v) is 2.07. The number of rotatable bonds is 4. The molecule has 0 amide bonds. The lowest BCUT2D eigenvalue weighted by atomic mass is 10.6. The monoisotopic (exact) mass is 203 g/mol. The molecule has 1 aromatic heterocycles. The third-order valence-corrected chi connectivity index (χ3v) is 2.92. The van der Waals surface area contributed by atoms with E-state index in [1.54, 1.807) is 11.3 Å². The van der Waals surface area contributed by atoms with Gasteiger partial charge in [0.25, 0.3) is 0 Å². The van der Waals surface area contributed by atoms with Crippen molar-refractivity contribution in [3.05, 3.63) is 16.1 Å². The Morgan fingerprint density at radius 2 is 2.58 bits per heavy atom. The average Bonchev–Trinajstić information content (AvgIpc) is 2.35. The van der Waals surface area contributed by atoms with Gasteiger partial charge in [0.1, 0.15) is 0 Å². The molecule has 0 saturated carbocycles. The zero-order valence-corrected chi connectivity index (χ0v) is 8.24. The maximum Gasteiger partial charge on any atom is 0.313 e. The molecule has 12 heavy (non-hydrogen) atoms. The lowest BCUT2D eigenvalue weighted by Gasteiger charge is -1.92. The predicted molar refractivity (Wildman–Crippen MR) is 50.6 cm³/mol. The van der Waals surface area contributed by atoms with E-state index in [-0.39, 0.29) is 5.75 Å². The van der Waals surface area contributed by atoms with Crippen molar-refractivity contribution in [2.24, 2.45) is 0 Å². The Morgan fingerprint density at radius 1 is 1.83 bits per heavy atom. The molecule has 0 bridgehead atoms. The van der Waals surface area contributed by atoms with Crippen molar-refractivity contribution >= 4 is 29.1 Å². The van der Waals surface area contributed by atoms with Crippen LogP contribution in [-0.2, 0) is 10.5 Å². The second kappa shape index (κ2) is 4.47. The quantitative estimate of drug-likeness (QED) is 0.810. The van der Waals surface area contributed by atoms with Gasteiger partial charge in [0.05, 0.1) is 16.5 Å². The van der Waals surface area contributed by atoms with Crippen molar-refractivity contribution in [2.75, 3.05) is 5.75 Å². The van der Waals surface area contributed by atoms with Crippen LogP contribution in [-0.4, -0.2) is 21.8 Å². The van der Waals surface area contributed by atoms with Crippen LogP contribution in [0.5, 0.6) is 0 Å².